The number of para-hydroxylation sites is 1. The molecule has 1 aromatic carbocycles. The smallest absolute Gasteiger partial charge is 0.147 e. The minimum absolute atomic E-state index is 0.294. The van der Waals surface area contributed by atoms with E-state index in [4.69, 9.17) is 10.5 Å². The van der Waals surface area contributed by atoms with E-state index in [0.717, 1.165) is 5.75 Å². The summed E-state index contributed by atoms with van der Waals surface area (Å²) < 4.78 is 5.28. The molecule has 0 aliphatic rings. The summed E-state index contributed by atoms with van der Waals surface area (Å²) >= 11 is 0. The Morgan fingerprint density at radius 3 is 2.55 bits per heavy atom. The molecular formula is C9H12NO. The number of rotatable bonds is 3. The van der Waals surface area contributed by atoms with Gasteiger partial charge < -0.3 is 4.74 Å². The van der Waals surface area contributed by atoms with E-state index in [1.165, 1.54) is 0 Å². The molecule has 0 aromatic heterocycles. The quantitative estimate of drug-likeness (QED) is 0.664. The van der Waals surface area contributed by atoms with Gasteiger partial charge in [0.25, 0.3) is 0 Å². The first-order chi connectivity index (χ1) is 5.33. The number of ether oxygens (including phenoxy) is 1. The summed E-state index contributed by atoms with van der Waals surface area (Å²) in [5.74, 6) is 0.795. The average molecular weight is 150 g/mol. The molecule has 1 atom stereocenters. The molecule has 0 amide bonds. The maximum absolute atomic E-state index is 5.52. The summed E-state index contributed by atoms with van der Waals surface area (Å²) in [6, 6.07) is 9.49. The van der Waals surface area contributed by atoms with Gasteiger partial charge in [-0.3, -0.25) is 5.73 Å². The Kier molecular flexibility index (Phi) is 2.93. The van der Waals surface area contributed by atoms with Gasteiger partial charge in [-0.1, -0.05) is 18.2 Å². The van der Waals surface area contributed by atoms with Crippen LogP contribution in [0.4, 0.5) is 0 Å². The van der Waals surface area contributed by atoms with E-state index in [9.17, 15) is 0 Å². The summed E-state index contributed by atoms with van der Waals surface area (Å²) in [7, 11) is 0. The lowest BCUT2D eigenvalue weighted by Gasteiger charge is -2.11. The predicted octanol–water partition coefficient (Wildman–Crippen LogP) is 1.57. The van der Waals surface area contributed by atoms with Gasteiger partial charge in [0.05, 0.1) is 0 Å². The molecule has 1 aromatic rings. The van der Waals surface area contributed by atoms with E-state index in [1.807, 2.05) is 30.3 Å². The molecule has 0 spiro atoms. The maximum Gasteiger partial charge on any atom is 0.147 e. The Labute approximate surface area is 67.0 Å². The highest BCUT2D eigenvalue weighted by molar-refractivity contribution is 5.21. The fraction of sp³-hybridized carbons (Fsp3) is 0.222. The van der Waals surface area contributed by atoms with Crippen molar-refractivity contribution in [3.05, 3.63) is 37.3 Å². The zero-order valence-electron chi connectivity index (χ0n) is 6.36. The Morgan fingerprint density at radius 2 is 2.00 bits per heavy atom. The first kappa shape index (κ1) is 8.08. The van der Waals surface area contributed by atoms with E-state index >= 15 is 0 Å². The molecule has 1 unspecified atom stereocenters. The van der Waals surface area contributed by atoms with Crippen LogP contribution in [0.5, 0.6) is 5.75 Å². The number of hydrogen-bond donors (Lipinski definition) is 1. The van der Waals surface area contributed by atoms with Crippen molar-refractivity contribution >= 4 is 0 Å². The Hall–Kier alpha value is -1.02. The van der Waals surface area contributed by atoms with Gasteiger partial charge in [0.15, 0.2) is 0 Å². The van der Waals surface area contributed by atoms with Crippen LogP contribution in [0.2, 0.25) is 0 Å². The second-order valence-corrected chi connectivity index (χ2v) is 2.26. The summed E-state index contributed by atoms with van der Waals surface area (Å²) in [5.41, 5.74) is 5.52. The van der Waals surface area contributed by atoms with Gasteiger partial charge in [-0.05, 0) is 25.5 Å². The van der Waals surface area contributed by atoms with Gasteiger partial charge in [-0.2, -0.15) is 0 Å². The molecule has 0 aliphatic carbocycles. The number of hydrogen-bond acceptors (Lipinski definition) is 2. The van der Waals surface area contributed by atoms with Gasteiger partial charge in [0.2, 0.25) is 0 Å². The highest BCUT2D eigenvalue weighted by Crippen LogP contribution is 2.09. The highest BCUT2D eigenvalue weighted by atomic mass is 16.5. The van der Waals surface area contributed by atoms with Crippen LogP contribution in [-0.2, 0) is 0 Å². The number of benzene rings is 1. The van der Waals surface area contributed by atoms with Crippen LogP contribution >= 0.6 is 0 Å². The average Bonchev–Trinajstić information content (AvgIpc) is 2.06. The highest BCUT2D eigenvalue weighted by Gasteiger charge is 1.98. The van der Waals surface area contributed by atoms with Crippen molar-refractivity contribution < 1.29 is 4.74 Å². The third-order valence-electron chi connectivity index (χ3n) is 1.32. The van der Waals surface area contributed by atoms with Crippen molar-refractivity contribution in [3.63, 3.8) is 0 Å². The molecule has 0 saturated heterocycles. The lowest BCUT2D eigenvalue weighted by Crippen LogP contribution is -2.25. The van der Waals surface area contributed by atoms with E-state index in [0.29, 0.717) is 6.42 Å². The third-order valence-corrected chi connectivity index (χ3v) is 1.32. The van der Waals surface area contributed by atoms with Gasteiger partial charge in [0, 0.05) is 0 Å². The van der Waals surface area contributed by atoms with Crippen LogP contribution in [0.3, 0.4) is 0 Å². The summed E-state index contributed by atoms with van der Waals surface area (Å²) in [5, 5.41) is 0. The first-order valence-electron chi connectivity index (χ1n) is 3.59. The molecule has 2 N–H and O–H groups in total. The molecule has 11 heavy (non-hydrogen) atoms. The fourth-order valence-electron chi connectivity index (χ4n) is 0.733. The summed E-state index contributed by atoms with van der Waals surface area (Å²) in [6.45, 7) is 3.63. The lowest BCUT2D eigenvalue weighted by atomic mass is 10.3. The van der Waals surface area contributed by atoms with E-state index in [-0.39, 0.29) is 6.23 Å². The molecule has 0 saturated carbocycles. The zero-order valence-corrected chi connectivity index (χ0v) is 6.36. The van der Waals surface area contributed by atoms with Crippen molar-refractivity contribution in [1.29, 1.82) is 0 Å². The van der Waals surface area contributed by atoms with Crippen molar-refractivity contribution in [2.24, 2.45) is 5.73 Å². The standard InChI is InChI=1S/C9H12NO/c1-2-9(10)11-8-6-4-3-5-7-8/h3-7,9H,1-2,10H2. The van der Waals surface area contributed by atoms with Crippen LogP contribution in [0.1, 0.15) is 6.42 Å². The van der Waals surface area contributed by atoms with Crippen LogP contribution in [0, 0.1) is 6.92 Å². The van der Waals surface area contributed by atoms with Crippen molar-refractivity contribution in [2.75, 3.05) is 0 Å². The normalized spacial score (nSPS) is 12.5. The van der Waals surface area contributed by atoms with E-state index in [1.54, 1.807) is 0 Å². The van der Waals surface area contributed by atoms with Crippen LogP contribution < -0.4 is 10.5 Å². The van der Waals surface area contributed by atoms with E-state index in [2.05, 4.69) is 6.92 Å². The van der Waals surface area contributed by atoms with Crippen molar-refractivity contribution in [3.8, 4) is 5.75 Å². The molecule has 0 aliphatic heterocycles. The SMILES string of the molecule is [CH2]CC(N)Oc1ccccc1. The maximum atomic E-state index is 5.52. The summed E-state index contributed by atoms with van der Waals surface area (Å²) in [4.78, 5) is 0. The molecule has 2 heteroatoms. The molecule has 1 rings (SSSR count). The van der Waals surface area contributed by atoms with Crippen molar-refractivity contribution in [2.45, 2.75) is 12.6 Å². The predicted molar refractivity (Wildman–Crippen MR) is 45.0 cm³/mol. The molecular weight excluding hydrogens is 138 g/mol. The Morgan fingerprint density at radius 1 is 1.36 bits per heavy atom. The summed E-state index contributed by atoms with van der Waals surface area (Å²) in [6.07, 6.45) is 0.284. The third kappa shape index (κ3) is 2.60. The fourth-order valence-corrected chi connectivity index (χ4v) is 0.733. The monoisotopic (exact) mass is 150 g/mol. The Bertz CT molecular complexity index is 198. The molecule has 0 fully saturated rings. The minimum Gasteiger partial charge on any atom is -0.476 e. The molecule has 0 bridgehead atoms. The number of nitrogens with two attached hydrogens (primary N) is 1. The largest absolute Gasteiger partial charge is 0.476 e. The second kappa shape index (κ2) is 3.98. The Balaban J connectivity index is 2.51. The lowest BCUT2D eigenvalue weighted by molar-refractivity contribution is 0.212. The van der Waals surface area contributed by atoms with Crippen molar-refractivity contribution in [1.82, 2.24) is 0 Å². The molecule has 59 valence electrons. The minimum atomic E-state index is -0.294. The zero-order chi connectivity index (χ0) is 8.10. The first-order valence-corrected chi connectivity index (χ1v) is 3.59. The molecule has 1 radical (unpaired) electrons. The van der Waals surface area contributed by atoms with Crippen LogP contribution in [-0.4, -0.2) is 6.23 Å². The second-order valence-electron chi connectivity index (χ2n) is 2.26. The topological polar surface area (TPSA) is 35.2 Å². The van der Waals surface area contributed by atoms with Crippen LogP contribution in [0.25, 0.3) is 0 Å². The van der Waals surface area contributed by atoms with Gasteiger partial charge in [0.1, 0.15) is 12.0 Å². The molecule has 2 nitrogen and oxygen atoms in total. The van der Waals surface area contributed by atoms with Crippen LogP contribution in [0.15, 0.2) is 30.3 Å². The van der Waals surface area contributed by atoms with Gasteiger partial charge in [-0.25, -0.2) is 0 Å². The molecule has 0 heterocycles. The van der Waals surface area contributed by atoms with Gasteiger partial charge >= 0.3 is 0 Å². The van der Waals surface area contributed by atoms with E-state index < -0.39 is 0 Å². The van der Waals surface area contributed by atoms with Gasteiger partial charge in [-0.15, -0.1) is 0 Å².